The number of amides is 2. The second kappa shape index (κ2) is 8.43. The van der Waals surface area contributed by atoms with Gasteiger partial charge in [-0.15, -0.1) is 0 Å². The Hall–Kier alpha value is -2.24. The first-order valence-corrected chi connectivity index (χ1v) is 9.11. The summed E-state index contributed by atoms with van der Waals surface area (Å²) in [5.74, 6) is 0.599. The quantitative estimate of drug-likeness (QED) is 0.893. The standard InChI is InChI=1S/C20H30N2O4/c1-14-6-7-15(2)17(12-14)25-13-18(23)21-16-8-10-22(11-9-16)19(24)26-20(3,4)5/h6-7,12,16H,8-11,13H2,1-5H3,(H,21,23). The van der Waals surface area contributed by atoms with Crippen LogP contribution in [0.5, 0.6) is 5.75 Å². The fourth-order valence-corrected chi connectivity index (χ4v) is 2.81. The summed E-state index contributed by atoms with van der Waals surface area (Å²) in [6.07, 6.45) is 1.14. The van der Waals surface area contributed by atoms with E-state index in [2.05, 4.69) is 5.32 Å². The Balaban J connectivity index is 1.74. The molecule has 2 rings (SSSR count). The van der Waals surface area contributed by atoms with Gasteiger partial charge in [-0.05, 0) is 64.7 Å². The van der Waals surface area contributed by atoms with E-state index in [1.807, 2.05) is 52.8 Å². The summed E-state index contributed by atoms with van der Waals surface area (Å²) < 4.78 is 11.0. The molecule has 1 fully saturated rings. The van der Waals surface area contributed by atoms with E-state index in [9.17, 15) is 9.59 Å². The topological polar surface area (TPSA) is 67.9 Å². The number of likely N-dealkylation sites (tertiary alicyclic amines) is 1. The number of rotatable bonds is 4. The molecule has 0 aromatic heterocycles. The van der Waals surface area contributed by atoms with Crippen LogP contribution >= 0.6 is 0 Å². The third-order valence-corrected chi connectivity index (χ3v) is 4.21. The lowest BCUT2D eigenvalue weighted by molar-refractivity contribution is -0.124. The third kappa shape index (κ3) is 6.24. The highest BCUT2D eigenvalue weighted by molar-refractivity contribution is 5.78. The molecule has 1 aliphatic heterocycles. The minimum Gasteiger partial charge on any atom is -0.483 e. The van der Waals surface area contributed by atoms with Crippen LogP contribution in [0.25, 0.3) is 0 Å². The molecule has 1 aliphatic rings. The SMILES string of the molecule is Cc1ccc(C)c(OCC(=O)NC2CCN(C(=O)OC(C)(C)C)CC2)c1. The lowest BCUT2D eigenvalue weighted by atomic mass is 10.1. The second-order valence-corrected chi connectivity index (χ2v) is 7.87. The molecule has 1 aromatic carbocycles. The van der Waals surface area contributed by atoms with Gasteiger partial charge < -0.3 is 19.7 Å². The van der Waals surface area contributed by atoms with Crippen LogP contribution in [0.3, 0.4) is 0 Å². The highest BCUT2D eigenvalue weighted by Crippen LogP contribution is 2.19. The first kappa shape index (κ1) is 20.1. The van der Waals surface area contributed by atoms with Crippen LogP contribution in [0.15, 0.2) is 18.2 Å². The van der Waals surface area contributed by atoms with Gasteiger partial charge in [0.05, 0.1) is 0 Å². The number of carbonyl (C=O) groups is 2. The Morgan fingerprint density at radius 3 is 2.46 bits per heavy atom. The zero-order valence-electron chi connectivity index (χ0n) is 16.4. The van der Waals surface area contributed by atoms with Gasteiger partial charge in [-0.2, -0.15) is 0 Å². The van der Waals surface area contributed by atoms with Crippen molar-refractivity contribution in [1.82, 2.24) is 10.2 Å². The molecular weight excluding hydrogens is 332 g/mol. The van der Waals surface area contributed by atoms with Gasteiger partial charge in [0.15, 0.2) is 6.61 Å². The van der Waals surface area contributed by atoms with Crippen LogP contribution in [-0.2, 0) is 9.53 Å². The average Bonchev–Trinajstić information content (AvgIpc) is 2.55. The number of ether oxygens (including phenoxy) is 2. The normalized spacial score (nSPS) is 15.5. The number of nitrogens with one attached hydrogen (secondary N) is 1. The van der Waals surface area contributed by atoms with Crippen LogP contribution in [-0.4, -0.2) is 48.2 Å². The number of piperidine rings is 1. The molecular formula is C20H30N2O4. The smallest absolute Gasteiger partial charge is 0.410 e. The molecule has 0 spiro atoms. The van der Waals surface area contributed by atoms with Gasteiger partial charge in [-0.3, -0.25) is 4.79 Å². The number of benzene rings is 1. The van der Waals surface area contributed by atoms with Crippen LogP contribution in [0.4, 0.5) is 4.79 Å². The minimum absolute atomic E-state index is 0.00340. The van der Waals surface area contributed by atoms with Crippen LogP contribution in [0, 0.1) is 13.8 Å². The summed E-state index contributed by atoms with van der Waals surface area (Å²) in [4.78, 5) is 25.9. The molecule has 1 aromatic rings. The van der Waals surface area contributed by atoms with Gasteiger partial charge >= 0.3 is 6.09 Å². The molecule has 0 unspecified atom stereocenters. The van der Waals surface area contributed by atoms with Crippen molar-refractivity contribution in [2.45, 2.75) is 59.1 Å². The van der Waals surface area contributed by atoms with Gasteiger partial charge in [0.25, 0.3) is 5.91 Å². The Labute approximate surface area is 155 Å². The number of carbonyl (C=O) groups excluding carboxylic acids is 2. The van der Waals surface area contributed by atoms with Gasteiger partial charge in [-0.1, -0.05) is 12.1 Å². The molecule has 0 bridgehead atoms. The fraction of sp³-hybridized carbons (Fsp3) is 0.600. The predicted octanol–water partition coefficient (Wildman–Crippen LogP) is 3.20. The van der Waals surface area contributed by atoms with Crippen molar-refractivity contribution in [1.29, 1.82) is 0 Å². The highest BCUT2D eigenvalue weighted by Gasteiger charge is 2.27. The minimum atomic E-state index is -0.493. The van der Waals surface area contributed by atoms with Crippen molar-refractivity contribution >= 4 is 12.0 Å². The van der Waals surface area contributed by atoms with E-state index >= 15 is 0 Å². The van der Waals surface area contributed by atoms with E-state index in [4.69, 9.17) is 9.47 Å². The Kier molecular flexibility index (Phi) is 6.51. The molecule has 2 amide bonds. The Bertz CT molecular complexity index is 644. The maximum absolute atomic E-state index is 12.1. The molecule has 1 heterocycles. The maximum Gasteiger partial charge on any atom is 0.410 e. The molecule has 1 N–H and O–H groups in total. The zero-order chi connectivity index (χ0) is 19.3. The lowest BCUT2D eigenvalue weighted by Crippen LogP contribution is -2.48. The Morgan fingerprint density at radius 2 is 1.85 bits per heavy atom. The summed E-state index contributed by atoms with van der Waals surface area (Å²) in [5, 5.41) is 2.99. The second-order valence-electron chi connectivity index (χ2n) is 7.87. The van der Waals surface area contributed by atoms with Gasteiger partial charge in [0.2, 0.25) is 0 Å². The maximum atomic E-state index is 12.1. The van der Waals surface area contributed by atoms with Crippen molar-refractivity contribution < 1.29 is 19.1 Å². The molecule has 0 atom stereocenters. The van der Waals surface area contributed by atoms with E-state index in [-0.39, 0.29) is 24.6 Å². The summed E-state index contributed by atoms with van der Waals surface area (Å²) in [6, 6.07) is 5.99. The van der Waals surface area contributed by atoms with Crippen molar-refractivity contribution in [3.05, 3.63) is 29.3 Å². The molecule has 1 saturated heterocycles. The van der Waals surface area contributed by atoms with Crippen LogP contribution < -0.4 is 10.1 Å². The lowest BCUT2D eigenvalue weighted by Gasteiger charge is -2.33. The van der Waals surface area contributed by atoms with Gasteiger partial charge in [-0.25, -0.2) is 4.79 Å². The molecule has 0 radical (unpaired) electrons. The molecule has 6 heteroatoms. The van der Waals surface area contributed by atoms with E-state index in [0.29, 0.717) is 25.9 Å². The molecule has 26 heavy (non-hydrogen) atoms. The first-order chi connectivity index (χ1) is 12.1. The van der Waals surface area contributed by atoms with Gasteiger partial charge in [0, 0.05) is 19.1 Å². The molecule has 6 nitrogen and oxygen atoms in total. The van der Waals surface area contributed by atoms with E-state index in [0.717, 1.165) is 16.9 Å². The average molecular weight is 362 g/mol. The Morgan fingerprint density at radius 1 is 1.19 bits per heavy atom. The molecule has 0 saturated carbocycles. The van der Waals surface area contributed by atoms with E-state index in [1.54, 1.807) is 4.90 Å². The van der Waals surface area contributed by atoms with Crippen molar-refractivity contribution in [2.75, 3.05) is 19.7 Å². The predicted molar refractivity (Wildman–Crippen MR) is 100 cm³/mol. The first-order valence-electron chi connectivity index (χ1n) is 9.11. The number of nitrogens with zero attached hydrogens (tertiary/aromatic N) is 1. The number of hydrogen-bond acceptors (Lipinski definition) is 4. The summed E-state index contributed by atoms with van der Waals surface area (Å²) in [7, 11) is 0. The number of aryl methyl sites for hydroxylation is 2. The molecule has 0 aliphatic carbocycles. The van der Waals surface area contributed by atoms with Crippen molar-refractivity contribution in [3.8, 4) is 5.75 Å². The van der Waals surface area contributed by atoms with Crippen molar-refractivity contribution in [2.24, 2.45) is 0 Å². The third-order valence-electron chi connectivity index (χ3n) is 4.21. The molecule has 144 valence electrons. The summed E-state index contributed by atoms with van der Waals surface area (Å²) in [5.41, 5.74) is 1.61. The van der Waals surface area contributed by atoms with Crippen molar-refractivity contribution in [3.63, 3.8) is 0 Å². The monoisotopic (exact) mass is 362 g/mol. The highest BCUT2D eigenvalue weighted by atomic mass is 16.6. The zero-order valence-corrected chi connectivity index (χ0v) is 16.4. The summed E-state index contributed by atoms with van der Waals surface area (Å²) in [6.45, 7) is 10.7. The number of hydrogen-bond donors (Lipinski definition) is 1. The van der Waals surface area contributed by atoms with E-state index in [1.165, 1.54) is 0 Å². The van der Waals surface area contributed by atoms with Crippen LogP contribution in [0.2, 0.25) is 0 Å². The van der Waals surface area contributed by atoms with Gasteiger partial charge in [0.1, 0.15) is 11.4 Å². The van der Waals surface area contributed by atoms with E-state index < -0.39 is 5.60 Å². The van der Waals surface area contributed by atoms with Crippen LogP contribution in [0.1, 0.15) is 44.7 Å². The largest absolute Gasteiger partial charge is 0.483 e. The fourth-order valence-electron chi connectivity index (χ4n) is 2.81. The summed E-state index contributed by atoms with van der Waals surface area (Å²) >= 11 is 0.